The molecule has 7 nitrogen and oxygen atoms in total. The number of hydrogen-bond acceptors (Lipinski definition) is 7. The van der Waals surface area contributed by atoms with Crippen LogP contribution in [0.2, 0.25) is 0 Å². The van der Waals surface area contributed by atoms with Gasteiger partial charge < -0.3 is 9.13 Å². The third kappa shape index (κ3) is 3.47. The van der Waals surface area contributed by atoms with Crippen molar-refractivity contribution in [2.75, 3.05) is 0 Å². The largest absolute Gasteiger partial charge is 0.316 e. The molecule has 0 unspecified atom stereocenters. The third-order valence-electron chi connectivity index (χ3n) is 5.25. The zero-order valence-corrected chi connectivity index (χ0v) is 17.0. The molecular weight excluding hydrogens is 406 g/mol. The van der Waals surface area contributed by atoms with E-state index < -0.39 is 11.1 Å². The molecule has 1 aliphatic rings. The van der Waals surface area contributed by atoms with Gasteiger partial charge in [0.25, 0.3) is 0 Å². The molecule has 0 saturated heterocycles. The quantitative estimate of drug-likeness (QED) is 0.461. The summed E-state index contributed by atoms with van der Waals surface area (Å²) in [6, 6.07) is 10.4. The maximum Gasteiger partial charge on any atom is 0.316 e. The summed E-state index contributed by atoms with van der Waals surface area (Å²) in [7, 11) is 0. The van der Waals surface area contributed by atoms with Crippen LogP contribution in [0.5, 0.6) is 0 Å². The van der Waals surface area contributed by atoms with Crippen LogP contribution in [0.1, 0.15) is 35.4 Å². The lowest BCUT2D eigenvalue weighted by molar-refractivity contribution is 0.256. The number of aromatic nitrogens is 5. The highest BCUT2D eigenvalue weighted by Crippen LogP contribution is 2.43. The molecule has 5 rings (SSSR count). The molecule has 0 N–H and O–H groups in total. The predicted octanol–water partition coefficient (Wildman–Crippen LogP) is 3.15. The lowest BCUT2D eigenvalue weighted by atomic mass is 9.76. The molecule has 1 aliphatic carbocycles. The van der Waals surface area contributed by atoms with Crippen molar-refractivity contribution in [2.45, 2.75) is 31.3 Å². The standard InChI is InChI=1S/C20H17N5O2S2/c26-19-20(27)25(15-10-14(11-15)13-4-2-1-3-5-13)8-7-24(19)12-16-22-23-18(29-16)17-21-6-9-28-17/h1-9,14-15H,10-12H2. The fraction of sp³-hybridized carbons (Fsp3) is 0.250. The molecule has 1 fully saturated rings. The summed E-state index contributed by atoms with van der Waals surface area (Å²) >= 11 is 2.87. The summed E-state index contributed by atoms with van der Waals surface area (Å²) in [6.07, 6.45) is 6.86. The van der Waals surface area contributed by atoms with Gasteiger partial charge in [-0.15, -0.1) is 21.5 Å². The summed E-state index contributed by atoms with van der Waals surface area (Å²) in [4.78, 5) is 29.5. The van der Waals surface area contributed by atoms with E-state index in [1.807, 2.05) is 23.6 Å². The van der Waals surface area contributed by atoms with E-state index in [1.54, 1.807) is 23.2 Å². The van der Waals surface area contributed by atoms with Crippen LogP contribution in [0.15, 0.2) is 63.9 Å². The zero-order valence-electron chi connectivity index (χ0n) is 15.3. The van der Waals surface area contributed by atoms with Gasteiger partial charge in [-0.05, 0) is 24.3 Å². The Hall–Kier alpha value is -2.91. The molecule has 29 heavy (non-hydrogen) atoms. The van der Waals surface area contributed by atoms with Crippen molar-refractivity contribution >= 4 is 22.7 Å². The van der Waals surface area contributed by atoms with Gasteiger partial charge in [-0.25, -0.2) is 4.98 Å². The second-order valence-electron chi connectivity index (χ2n) is 7.01. The van der Waals surface area contributed by atoms with Gasteiger partial charge in [0.05, 0.1) is 6.54 Å². The maximum atomic E-state index is 12.6. The minimum absolute atomic E-state index is 0.0769. The van der Waals surface area contributed by atoms with Gasteiger partial charge in [0.2, 0.25) is 0 Å². The summed E-state index contributed by atoms with van der Waals surface area (Å²) in [5.74, 6) is 0.446. The molecule has 0 radical (unpaired) electrons. The smallest absolute Gasteiger partial charge is 0.306 e. The Kier molecular flexibility index (Phi) is 4.69. The fourth-order valence-electron chi connectivity index (χ4n) is 3.62. The van der Waals surface area contributed by atoms with E-state index in [1.165, 1.54) is 32.8 Å². The van der Waals surface area contributed by atoms with Gasteiger partial charge in [0, 0.05) is 30.0 Å². The van der Waals surface area contributed by atoms with Crippen molar-refractivity contribution in [3.8, 4) is 10.0 Å². The highest BCUT2D eigenvalue weighted by molar-refractivity contribution is 7.20. The van der Waals surface area contributed by atoms with Gasteiger partial charge in [-0.2, -0.15) is 0 Å². The molecule has 1 saturated carbocycles. The van der Waals surface area contributed by atoms with Crippen molar-refractivity contribution in [2.24, 2.45) is 0 Å². The number of rotatable bonds is 5. The Morgan fingerprint density at radius 1 is 1.00 bits per heavy atom. The molecule has 1 aromatic carbocycles. The number of thiazole rings is 1. The van der Waals surface area contributed by atoms with Crippen LogP contribution in [0.4, 0.5) is 0 Å². The Morgan fingerprint density at radius 2 is 1.83 bits per heavy atom. The van der Waals surface area contributed by atoms with E-state index in [0.29, 0.717) is 10.9 Å². The van der Waals surface area contributed by atoms with Crippen LogP contribution >= 0.6 is 22.7 Å². The average Bonchev–Trinajstić information content (AvgIpc) is 3.38. The summed E-state index contributed by atoms with van der Waals surface area (Å²) in [5.41, 5.74) is 0.285. The lowest BCUT2D eigenvalue weighted by Crippen LogP contribution is -2.44. The van der Waals surface area contributed by atoms with E-state index >= 15 is 0 Å². The second-order valence-corrected chi connectivity index (χ2v) is 8.97. The van der Waals surface area contributed by atoms with E-state index in [-0.39, 0.29) is 12.6 Å². The molecule has 0 amide bonds. The monoisotopic (exact) mass is 423 g/mol. The first-order valence-electron chi connectivity index (χ1n) is 9.28. The van der Waals surface area contributed by atoms with Crippen LogP contribution in [-0.2, 0) is 6.54 Å². The van der Waals surface area contributed by atoms with Gasteiger partial charge in [-0.3, -0.25) is 9.59 Å². The minimum Gasteiger partial charge on any atom is -0.306 e. The van der Waals surface area contributed by atoms with Gasteiger partial charge >= 0.3 is 11.1 Å². The van der Waals surface area contributed by atoms with Gasteiger partial charge in [-0.1, -0.05) is 41.7 Å². The molecular formula is C20H17N5O2S2. The predicted molar refractivity (Wildman–Crippen MR) is 113 cm³/mol. The summed E-state index contributed by atoms with van der Waals surface area (Å²) in [6.45, 7) is 0.231. The number of benzene rings is 1. The van der Waals surface area contributed by atoms with Crippen molar-refractivity contribution < 1.29 is 0 Å². The second kappa shape index (κ2) is 7.49. The molecule has 9 heteroatoms. The lowest BCUT2D eigenvalue weighted by Gasteiger charge is -2.36. The molecule has 3 aromatic heterocycles. The molecule has 0 bridgehead atoms. The highest BCUT2D eigenvalue weighted by atomic mass is 32.1. The first-order valence-corrected chi connectivity index (χ1v) is 11.0. The van der Waals surface area contributed by atoms with E-state index in [4.69, 9.17) is 0 Å². The first-order chi connectivity index (χ1) is 14.2. The van der Waals surface area contributed by atoms with E-state index in [2.05, 4.69) is 27.3 Å². The fourth-order valence-corrected chi connectivity index (χ4v) is 5.14. The highest BCUT2D eigenvalue weighted by Gasteiger charge is 2.32. The molecule has 4 aromatic rings. The number of nitrogens with zero attached hydrogens (tertiary/aromatic N) is 5. The first kappa shape index (κ1) is 18.1. The maximum absolute atomic E-state index is 12.6. The van der Waals surface area contributed by atoms with Crippen molar-refractivity contribution in [1.82, 2.24) is 24.3 Å². The van der Waals surface area contributed by atoms with Gasteiger partial charge in [0.1, 0.15) is 5.01 Å². The topological polar surface area (TPSA) is 82.7 Å². The normalized spacial score (nSPS) is 18.5. The SMILES string of the molecule is O=c1c(=O)n(C2CC(c3ccccc3)C2)ccn1Cc1nnc(-c2nccs2)s1. The van der Waals surface area contributed by atoms with Crippen LogP contribution < -0.4 is 11.1 Å². The Morgan fingerprint density at radius 3 is 2.59 bits per heavy atom. The molecule has 0 atom stereocenters. The zero-order chi connectivity index (χ0) is 19.8. The van der Waals surface area contributed by atoms with Crippen LogP contribution in [0, 0.1) is 0 Å². The molecule has 0 spiro atoms. The average molecular weight is 424 g/mol. The Bertz CT molecular complexity index is 1240. The van der Waals surface area contributed by atoms with E-state index in [0.717, 1.165) is 22.9 Å². The van der Waals surface area contributed by atoms with Crippen molar-refractivity contribution in [1.29, 1.82) is 0 Å². The minimum atomic E-state index is -0.526. The molecule has 3 heterocycles. The van der Waals surface area contributed by atoms with Crippen molar-refractivity contribution in [3.63, 3.8) is 0 Å². The summed E-state index contributed by atoms with van der Waals surface area (Å²) < 4.78 is 2.98. The molecule has 146 valence electrons. The van der Waals surface area contributed by atoms with E-state index in [9.17, 15) is 9.59 Å². The number of hydrogen-bond donors (Lipinski definition) is 0. The third-order valence-corrected chi connectivity index (χ3v) is 7.07. The Balaban J connectivity index is 1.32. The van der Waals surface area contributed by atoms with Gasteiger partial charge in [0.15, 0.2) is 10.0 Å². The molecule has 0 aliphatic heterocycles. The van der Waals surface area contributed by atoms with Crippen molar-refractivity contribution in [3.05, 3.63) is 85.6 Å². The van der Waals surface area contributed by atoms with Crippen LogP contribution in [0.3, 0.4) is 0 Å². The Labute approximate surface area is 174 Å². The summed E-state index contributed by atoms with van der Waals surface area (Å²) in [5, 5.41) is 12.3. The van der Waals surface area contributed by atoms with Crippen LogP contribution in [0.25, 0.3) is 10.0 Å². The van der Waals surface area contributed by atoms with Crippen LogP contribution in [-0.4, -0.2) is 24.3 Å².